The number of hydrogen-bond donors (Lipinski definition) is 4. The minimum Gasteiger partial charge on any atom is -0.365 e. The monoisotopic (exact) mass is 270 g/mol. The van der Waals surface area contributed by atoms with Gasteiger partial charge in [-0.05, 0) is 23.3 Å². The molecule has 102 valence electrons. The number of anilines is 1. The lowest BCUT2D eigenvalue weighted by Crippen LogP contribution is -2.22. The fourth-order valence-electron chi connectivity index (χ4n) is 1.86. The average molecular weight is 270 g/mol. The lowest BCUT2D eigenvalue weighted by Gasteiger charge is -2.01. The number of aromatic nitrogens is 1. The number of rotatable bonds is 4. The quantitative estimate of drug-likeness (QED) is 0.679. The first-order valence-electron chi connectivity index (χ1n) is 5.83. The largest absolute Gasteiger partial charge is 0.365 e. The molecular weight excluding hydrogens is 256 g/mol. The van der Waals surface area contributed by atoms with Crippen LogP contribution in [-0.2, 0) is 0 Å². The van der Waals surface area contributed by atoms with Crippen molar-refractivity contribution in [1.82, 2.24) is 4.98 Å². The molecule has 3 amide bonds. The molecule has 0 aliphatic heterocycles. The van der Waals surface area contributed by atoms with Crippen molar-refractivity contribution in [2.45, 2.75) is 0 Å². The van der Waals surface area contributed by atoms with Crippen molar-refractivity contribution < 1.29 is 9.59 Å². The summed E-state index contributed by atoms with van der Waals surface area (Å²) in [7, 11) is 0. The maximum atomic E-state index is 11.4. The summed E-state index contributed by atoms with van der Waals surface area (Å²) >= 11 is 0. The summed E-state index contributed by atoms with van der Waals surface area (Å²) in [4.78, 5) is 25.2. The minimum absolute atomic E-state index is 0.169. The van der Waals surface area contributed by atoms with Gasteiger partial charge >= 0.3 is 6.03 Å². The van der Waals surface area contributed by atoms with Crippen LogP contribution in [0.25, 0.3) is 17.3 Å². The van der Waals surface area contributed by atoms with E-state index in [1.54, 1.807) is 12.1 Å². The van der Waals surface area contributed by atoms with Gasteiger partial charge < -0.3 is 16.5 Å². The summed E-state index contributed by atoms with van der Waals surface area (Å²) < 4.78 is 0. The number of carbonyl (C=O) groups excluding carboxylic acids is 2. The molecule has 2 rings (SSSR count). The summed E-state index contributed by atoms with van der Waals surface area (Å²) in [6.07, 6.45) is 1.71. The highest BCUT2D eigenvalue weighted by Crippen LogP contribution is 2.25. The van der Waals surface area contributed by atoms with Crippen LogP contribution in [0.5, 0.6) is 0 Å². The van der Waals surface area contributed by atoms with Crippen LogP contribution in [0, 0.1) is 0 Å². The standard InChI is InChI=1S/C14H14N4O2/c1-2-8-4-3-5-9(6-8)11-7-10(12(15)19)13(17-11)18-14(16)20/h2-7,17H,1H2,(H2,15,19)(H3,16,18,20). The van der Waals surface area contributed by atoms with Gasteiger partial charge in [-0.1, -0.05) is 30.9 Å². The van der Waals surface area contributed by atoms with Crippen molar-refractivity contribution in [2.75, 3.05) is 5.32 Å². The van der Waals surface area contributed by atoms with E-state index < -0.39 is 11.9 Å². The smallest absolute Gasteiger partial charge is 0.317 e. The van der Waals surface area contributed by atoms with Gasteiger partial charge in [0.2, 0.25) is 0 Å². The first kappa shape index (κ1) is 13.4. The first-order valence-corrected chi connectivity index (χ1v) is 5.83. The van der Waals surface area contributed by atoms with E-state index in [0.717, 1.165) is 11.1 Å². The summed E-state index contributed by atoms with van der Waals surface area (Å²) in [5.74, 6) is -0.472. The molecule has 2 aromatic rings. The molecule has 0 fully saturated rings. The number of nitrogens with two attached hydrogens (primary N) is 2. The normalized spacial score (nSPS) is 10.0. The topological polar surface area (TPSA) is 114 Å². The number of benzene rings is 1. The summed E-state index contributed by atoms with van der Waals surface area (Å²) in [6.45, 7) is 3.70. The zero-order valence-electron chi connectivity index (χ0n) is 10.6. The van der Waals surface area contributed by atoms with Crippen LogP contribution in [0.3, 0.4) is 0 Å². The van der Waals surface area contributed by atoms with E-state index in [1.807, 2.05) is 24.3 Å². The summed E-state index contributed by atoms with van der Waals surface area (Å²) in [5, 5.41) is 2.34. The molecule has 0 radical (unpaired) electrons. The van der Waals surface area contributed by atoms with E-state index in [1.165, 1.54) is 0 Å². The average Bonchev–Trinajstić information content (AvgIpc) is 2.82. The number of nitrogens with one attached hydrogen (secondary N) is 2. The van der Waals surface area contributed by atoms with E-state index in [0.29, 0.717) is 5.69 Å². The molecule has 0 saturated carbocycles. The molecule has 0 saturated heterocycles. The number of primary amides is 2. The second kappa shape index (κ2) is 5.31. The molecular formula is C14H14N4O2. The molecule has 0 spiro atoms. The number of amides is 3. The molecule has 0 bridgehead atoms. The molecule has 6 heteroatoms. The Morgan fingerprint density at radius 3 is 2.60 bits per heavy atom. The van der Waals surface area contributed by atoms with Crippen LogP contribution in [-0.4, -0.2) is 16.9 Å². The molecule has 0 aliphatic carbocycles. The van der Waals surface area contributed by atoms with Crippen molar-refractivity contribution in [3.8, 4) is 11.3 Å². The first-order chi connectivity index (χ1) is 9.51. The van der Waals surface area contributed by atoms with E-state index in [4.69, 9.17) is 11.5 Å². The van der Waals surface area contributed by atoms with Crippen molar-refractivity contribution in [2.24, 2.45) is 11.5 Å². The Labute approximate surface area is 115 Å². The molecule has 1 aromatic carbocycles. The van der Waals surface area contributed by atoms with Crippen molar-refractivity contribution in [3.05, 3.63) is 48.0 Å². The lowest BCUT2D eigenvalue weighted by atomic mass is 10.1. The van der Waals surface area contributed by atoms with Crippen LogP contribution >= 0.6 is 0 Å². The van der Waals surface area contributed by atoms with Crippen LogP contribution < -0.4 is 16.8 Å². The van der Waals surface area contributed by atoms with Crippen LogP contribution in [0.1, 0.15) is 15.9 Å². The predicted molar refractivity (Wildman–Crippen MR) is 78.0 cm³/mol. The number of carbonyl (C=O) groups is 2. The lowest BCUT2D eigenvalue weighted by molar-refractivity contribution is 0.100. The zero-order valence-corrected chi connectivity index (χ0v) is 10.6. The SMILES string of the molecule is C=Cc1cccc(-c2cc(C(N)=O)c(NC(N)=O)[nH]2)c1. The van der Waals surface area contributed by atoms with Crippen molar-refractivity contribution in [1.29, 1.82) is 0 Å². The van der Waals surface area contributed by atoms with Crippen molar-refractivity contribution in [3.63, 3.8) is 0 Å². The van der Waals surface area contributed by atoms with Gasteiger partial charge in [0.1, 0.15) is 5.82 Å². The number of aromatic amines is 1. The number of H-pyrrole nitrogens is 1. The Balaban J connectivity index is 2.49. The van der Waals surface area contributed by atoms with Crippen LogP contribution in [0.15, 0.2) is 36.9 Å². The number of hydrogen-bond acceptors (Lipinski definition) is 2. The molecule has 1 aromatic heterocycles. The molecule has 0 aliphatic rings. The highest BCUT2D eigenvalue weighted by atomic mass is 16.2. The van der Waals surface area contributed by atoms with E-state index >= 15 is 0 Å². The van der Waals surface area contributed by atoms with E-state index in [-0.39, 0.29) is 11.4 Å². The number of urea groups is 1. The third-order valence-electron chi connectivity index (χ3n) is 2.76. The Morgan fingerprint density at radius 2 is 2.00 bits per heavy atom. The maximum Gasteiger partial charge on any atom is 0.317 e. The Bertz CT molecular complexity index is 688. The predicted octanol–water partition coefficient (Wildman–Crippen LogP) is 1.91. The molecule has 0 unspecified atom stereocenters. The van der Waals surface area contributed by atoms with Gasteiger partial charge in [0.25, 0.3) is 5.91 Å². The van der Waals surface area contributed by atoms with Gasteiger partial charge in [0, 0.05) is 5.69 Å². The second-order valence-electron chi connectivity index (χ2n) is 4.15. The van der Waals surface area contributed by atoms with E-state index in [2.05, 4.69) is 16.9 Å². The fourth-order valence-corrected chi connectivity index (χ4v) is 1.86. The third kappa shape index (κ3) is 2.69. The molecule has 6 N–H and O–H groups in total. The van der Waals surface area contributed by atoms with Gasteiger partial charge in [0.05, 0.1) is 5.56 Å². The second-order valence-corrected chi connectivity index (χ2v) is 4.15. The zero-order chi connectivity index (χ0) is 14.7. The summed E-state index contributed by atoms with van der Waals surface area (Å²) in [6, 6.07) is 8.29. The molecule has 20 heavy (non-hydrogen) atoms. The maximum absolute atomic E-state index is 11.4. The van der Waals surface area contributed by atoms with Crippen LogP contribution in [0.2, 0.25) is 0 Å². The van der Waals surface area contributed by atoms with Gasteiger partial charge in [-0.15, -0.1) is 0 Å². The van der Waals surface area contributed by atoms with Crippen molar-refractivity contribution >= 4 is 23.8 Å². The molecule has 1 heterocycles. The summed E-state index contributed by atoms with van der Waals surface area (Å²) in [5.41, 5.74) is 12.9. The fraction of sp³-hybridized carbons (Fsp3) is 0. The van der Waals surface area contributed by atoms with Gasteiger partial charge in [-0.2, -0.15) is 0 Å². The minimum atomic E-state index is -0.777. The van der Waals surface area contributed by atoms with Crippen LogP contribution in [0.4, 0.5) is 10.6 Å². The Kier molecular flexibility index (Phi) is 3.56. The Hall–Kier alpha value is -3.02. The van der Waals surface area contributed by atoms with Gasteiger partial charge in [-0.3, -0.25) is 10.1 Å². The molecule has 6 nitrogen and oxygen atoms in total. The highest BCUT2D eigenvalue weighted by molar-refractivity contribution is 6.03. The molecule has 0 atom stereocenters. The van der Waals surface area contributed by atoms with Gasteiger partial charge in [0.15, 0.2) is 0 Å². The van der Waals surface area contributed by atoms with Gasteiger partial charge in [-0.25, -0.2) is 4.79 Å². The highest BCUT2D eigenvalue weighted by Gasteiger charge is 2.15. The Morgan fingerprint density at radius 1 is 1.25 bits per heavy atom. The third-order valence-corrected chi connectivity index (χ3v) is 2.76. The van der Waals surface area contributed by atoms with E-state index in [9.17, 15) is 9.59 Å².